The second-order valence-electron chi connectivity index (χ2n) is 3.98. The fraction of sp³-hybridized carbons (Fsp3) is 0.545. The van der Waals surface area contributed by atoms with Crippen molar-refractivity contribution in [3.63, 3.8) is 0 Å². The Kier molecular flexibility index (Phi) is 6.06. The molecule has 1 aromatic heterocycles. The van der Waals surface area contributed by atoms with Crippen LogP contribution in [0.25, 0.3) is 0 Å². The van der Waals surface area contributed by atoms with Gasteiger partial charge < -0.3 is 10.6 Å². The Balaban J connectivity index is 0.00000128. The highest BCUT2D eigenvalue weighted by atomic mass is 35.5. The maximum absolute atomic E-state index is 5.71. The van der Waals surface area contributed by atoms with Crippen molar-refractivity contribution in [2.45, 2.75) is 13.0 Å². The molecule has 1 aliphatic rings. The van der Waals surface area contributed by atoms with E-state index in [9.17, 15) is 0 Å². The zero-order valence-electron chi connectivity index (χ0n) is 9.08. The molecule has 0 saturated carbocycles. The summed E-state index contributed by atoms with van der Waals surface area (Å²) in [5.74, 6) is 0.783. The Hall–Kier alpha value is -0.350. The average Bonchev–Trinajstić information content (AvgIpc) is 2.74. The fourth-order valence-corrected chi connectivity index (χ4v) is 1.93. The largest absolute Gasteiger partial charge is 0.316 e. The summed E-state index contributed by atoms with van der Waals surface area (Å²) in [6, 6.07) is 3.84. The van der Waals surface area contributed by atoms with Crippen LogP contribution >= 0.6 is 24.0 Å². The maximum atomic E-state index is 5.71. The summed E-state index contributed by atoms with van der Waals surface area (Å²) in [7, 11) is 0. The number of nitrogens with one attached hydrogen (secondary N) is 2. The van der Waals surface area contributed by atoms with Crippen LogP contribution in [0.5, 0.6) is 0 Å². The minimum atomic E-state index is 0. The van der Waals surface area contributed by atoms with E-state index in [0.29, 0.717) is 5.15 Å². The van der Waals surface area contributed by atoms with Gasteiger partial charge in [0.2, 0.25) is 0 Å². The fourth-order valence-electron chi connectivity index (χ4n) is 1.82. The lowest BCUT2D eigenvalue weighted by Gasteiger charge is -2.09. The van der Waals surface area contributed by atoms with E-state index in [1.807, 2.05) is 18.3 Å². The topological polar surface area (TPSA) is 37.0 Å². The molecule has 2 N–H and O–H groups in total. The van der Waals surface area contributed by atoms with Gasteiger partial charge in [0, 0.05) is 12.7 Å². The summed E-state index contributed by atoms with van der Waals surface area (Å²) >= 11 is 5.71. The van der Waals surface area contributed by atoms with Crippen LogP contribution in [-0.4, -0.2) is 24.6 Å². The second-order valence-corrected chi connectivity index (χ2v) is 4.37. The molecular formula is C11H17Cl2N3. The predicted octanol–water partition coefficient (Wildman–Crippen LogP) is 1.86. The van der Waals surface area contributed by atoms with Gasteiger partial charge in [0.15, 0.2) is 0 Å². The van der Waals surface area contributed by atoms with Crippen molar-refractivity contribution in [3.8, 4) is 0 Å². The van der Waals surface area contributed by atoms with Gasteiger partial charge in [-0.1, -0.05) is 17.7 Å². The first-order chi connectivity index (χ1) is 7.34. The molecule has 1 unspecified atom stereocenters. The van der Waals surface area contributed by atoms with Gasteiger partial charge in [-0.05, 0) is 43.6 Å². The van der Waals surface area contributed by atoms with Crippen LogP contribution < -0.4 is 10.6 Å². The van der Waals surface area contributed by atoms with Gasteiger partial charge in [-0.25, -0.2) is 4.98 Å². The van der Waals surface area contributed by atoms with E-state index in [1.54, 1.807) is 0 Å². The lowest BCUT2D eigenvalue weighted by molar-refractivity contribution is 0.512. The van der Waals surface area contributed by atoms with Crippen molar-refractivity contribution < 1.29 is 0 Å². The van der Waals surface area contributed by atoms with Crippen LogP contribution in [0, 0.1) is 5.92 Å². The second kappa shape index (κ2) is 7.07. The lowest BCUT2D eigenvalue weighted by Crippen LogP contribution is -2.24. The summed E-state index contributed by atoms with van der Waals surface area (Å²) in [5.41, 5.74) is 1.19. The number of halogens is 2. The third-order valence-electron chi connectivity index (χ3n) is 2.71. The molecule has 1 atom stereocenters. The van der Waals surface area contributed by atoms with Crippen LogP contribution in [0.15, 0.2) is 18.3 Å². The molecule has 1 saturated heterocycles. The normalized spacial score (nSPS) is 19.4. The number of hydrogen-bond acceptors (Lipinski definition) is 3. The van der Waals surface area contributed by atoms with Crippen LogP contribution in [0.3, 0.4) is 0 Å². The summed E-state index contributed by atoms with van der Waals surface area (Å²) in [5, 5.41) is 7.35. The molecular weight excluding hydrogens is 245 g/mol. The van der Waals surface area contributed by atoms with Crippen LogP contribution in [0.2, 0.25) is 5.15 Å². The quantitative estimate of drug-likeness (QED) is 0.813. The van der Waals surface area contributed by atoms with E-state index in [0.717, 1.165) is 32.1 Å². The first kappa shape index (κ1) is 13.7. The molecule has 1 aliphatic heterocycles. The number of hydrogen-bond donors (Lipinski definition) is 2. The SMILES string of the molecule is Cl.Clc1ccc(CNCC2CCNC2)cn1. The summed E-state index contributed by atoms with van der Waals surface area (Å²) in [4.78, 5) is 4.04. The van der Waals surface area contributed by atoms with Crippen LogP contribution in [-0.2, 0) is 6.54 Å². The van der Waals surface area contributed by atoms with Gasteiger partial charge in [0.05, 0.1) is 0 Å². The van der Waals surface area contributed by atoms with Crippen molar-refractivity contribution in [2.24, 2.45) is 5.92 Å². The van der Waals surface area contributed by atoms with Crippen molar-refractivity contribution in [1.29, 1.82) is 0 Å². The van der Waals surface area contributed by atoms with Crippen molar-refractivity contribution >= 4 is 24.0 Å². The number of pyridine rings is 1. The highest BCUT2D eigenvalue weighted by Crippen LogP contribution is 2.07. The van der Waals surface area contributed by atoms with Crippen molar-refractivity contribution in [3.05, 3.63) is 29.0 Å². The maximum Gasteiger partial charge on any atom is 0.129 e. The van der Waals surface area contributed by atoms with Crippen molar-refractivity contribution in [1.82, 2.24) is 15.6 Å². The lowest BCUT2D eigenvalue weighted by atomic mass is 10.1. The molecule has 1 aromatic rings. The molecule has 0 spiro atoms. The van der Waals surface area contributed by atoms with E-state index in [2.05, 4.69) is 15.6 Å². The first-order valence-corrected chi connectivity index (χ1v) is 5.74. The Labute approximate surface area is 107 Å². The van der Waals surface area contributed by atoms with Gasteiger partial charge in [0.1, 0.15) is 5.15 Å². The minimum absolute atomic E-state index is 0. The number of aromatic nitrogens is 1. The Bertz CT molecular complexity index is 297. The van der Waals surface area contributed by atoms with E-state index < -0.39 is 0 Å². The Morgan fingerprint density at radius 3 is 3.00 bits per heavy atom. The number of nitrogens with zero attached hydrogens (tertiary/aromatic N) is 1. The zero-order valence-corrected chi connectivity index (χ0v) is 10.7. The van der Waals surface area contributed by atoms with E-state index in [4.69, 9.17) is 11.6 Å². The molecule has 2 heterocycles. The molecule has 0 aliphatic carbocycles. The summed E-state index contributed by atoms with van der Waals surface area (Å²) in [6.07, 6.45) is 3.11. The minimum Gasteiger partial charge on any atom is -0.316 e. The Morgan fingerprint density at radius 2 is 2.38 bits per heavy atom. The van der Waals surface area contributed by atoms with Gasteiger partial charge in [0.25, 0.3) is 0 Å². The molecule has 0 aromatic carbocycles. The van der Waals surface area contributed by atoms with E-state index in [1.165, 1.54) is 12.0 Å². The molecule has 90 valence electrons. The molecule has 0 amide bonds. The third kappa shape index (κ3) is 4.26. The van der Waals surface area contributed by atoms with Crippen LogP contribution in [0.4, 0.5) is 0 Å². The summed E-state index contributed by atoms with van der Waals surface area (Å²) < 4.78 is 0. The zero-order chi connectivity index (χ0) is 10.5. The standard InChI is InChI=1S/C11H16ClN3.ClH/c12-11-2-1-9(8-15-11)6-14-7-10-3-4-13-5-10;/h1-2,8,10,13-14H,3-7H2;1H. The van der Waals surface area contributed by atoms with E-state index >= 15 is 0 Å². The summed E-state index contributed by atoms with van der Waals surface area (Å²) in [6.45, 7) is 4.26. The molecule has 5 heteroatoms. The first-order valence-electron chi connectivity index (χ1n) is 5.36. The van der Waals surface area contributed by atoms with Gasteiger partial charge >= 0.3 is 0 Å². The van der Waals surface area contributed by atoms with Crippen molar-refractivity contribution in [2.75, 3.05) is 19.6 Å². The Morgan fingerprint density at radius 1 is 1.50 bits per heavy atom. The molecule has 2 rings (SSSR count). The third-order valence-corrected chi connectivity index (χ3v) is 2.94. The molecule has 3 nitrogen and oxygen atoms in total. The smallest absolute Gasteiger partial charge is 0.129 e. The average molecular weight is 262 g/mol. The highest BCUT2D eigenvalue weighted by molar-refractivity contribution is 6.29. The molecule has 0 bridgehead atoms. The monoisotopic (exact) mass is 261 g/mol. The van der Waals surface area contributed by atoms with Crippen LogP contribution in [0.1, 0.15) is 12.0 Å². The van der Waals surface area contributed by atoms with Gasteiger partial charge in [-0.2, -0.15) is 0 Å². The highest BCUT2D eigenvalue weighted by Gasteiger charge is 2.13. The van der Waals surface area contributed by atoms with E-state index in [-0.39, 0.29) is 12.4 Å². The van der Waals surface area contributed by atoms with Gasteiger partial charge in [-0.3, -0.25) is 0 Å². The molecule has 0 radical (unpaired) electrons. The van der Waals surface area contributed by atoms with Gasteiger partial charge in [-0.15, -0.1) is 12.4 Å². The predicted molar refractivity (Wildman–Crippen MR) is 69.2 cm³/mol. The molecule has 1 fully saturated rings. The number of rotatable bonds is 4. The molecule has 16 heavy (non-hydrogen) atoms.